The van der Waals surface area contributed by atoms with E-state index in [1.54, 1.807) is 23.0 Å². The Morgan fingerprint density at radius 3 is 2.80 bits per heavy atom. The molecule has 2 aromatic rings. The molecule has 20 heavy (non-hydrogen) atoms. The molecule has 7 nitrogen and oxygen atoms in total. The molecule has 0 saturated heterocycles. The number of hydrogen-bond acceptors (Lipinski definition) is 5. The lowest BCUT2D eigenvalue weighted by Gasteiger charge is -2.00. The molecule has 0 aliphatic carbocycles. The van der Waals surface area contributed by atoms with Crippen molar-refractivity contribution in [2.45, 2.75) is 6.54 Å². The van der Waals surface area contributed by atoms with Crippen LogP contribution in [0, 0.1) is 21.4 Å². The van der Waals surface area contributed by atoms with Crippen LogP contribution in [0.3, 0.4) is 0 Å². The van der Waals surface area contributed by atoms with E-state index in [1.807, 2.05) is 6.07 Å². The van der Waals surface area contributed by atoms with E-state index in [-0.39, 0.29) is 23.7 Å². The van der Waals surface area contributed by atoms with Gasteiger partial charge in [0.25, 0.3) is 5.69 Å². The number of halogens is 1. The highest BCUT2D eigenvalue weighted by atomic mass is 35.5. The number of nitro groups is 1. The molecule has 0 saturated carbocycles. The zero-order valence-corrected chi connectivity index (χ0v) is 11.2. The zero-order valence-electron chi connectivity index (χ0n) is 10.4. The molecule has 2 N–H and O–H groups in total. The second kappa shape index (κ2) is 6.65. The molecule has 0 atom stereocenters. The third-order valence-electron chi connectivity index (χ3n) is 2.61. The first-order valence-electron chi connectivity index (χ1n) is 5.58. The van der Waals surface area contributed by atoms with Crippen LogP contribution in [0.2, 0.25) is 0 Å². The summed E-state index contributed by atoms with van der Waals surface area (Å²) in [6, 6.07) is 7.96. The van der Waals surface area contributed by atoms with Crippen LogP contribution < -0.4 is 5.73 Å². The minimum absolute atomic E-state index is 0. The van der Waals surface area contributed by atoms with E-state index in [1.165, 1.54) is 12.1 Å². The van der Waals surface area contributed by atoms with Crippen molar-refractivity contribution in [2.75, 3.05) is 6.54 Å². The first kappa shape index (κ1) is 15.6. The molecule has 0 bridgehead atoms. The monoisotopic (exact) mass is 293 g/mol. The second-order valence-electron chi connectivity index (χ2n) is 3.85. The Hall–Kier alpha value is -2.43. The largest absolute Gasteiger partial charge is 0.329 e. The number of benzene rings is 1. The van der Waals surface area contributed by atoms with Crippen LogP contribution in [-0.4, -0.2) is 21.2 Å². The van der Waals surface area contributed by atoms with Gasteiger partial charge in [0.15, 0.2) is 0 Å². The van der Waals surface area contributed by atoms with Crippen LogP contribution in [0.25, 0.3) is 11.3 Å². The average Bonchev–Trinajstić information content (AvgIpc) is 2.87. The van der Waals surface area contributed by atoms with Gasteiger partial charge in [-0.2, -0.15) is 10.4 Å². The lowest BCUT2D eigenvalue weighted by atomic mass is 10.1. The van der Waals surface area contributed by atoms with Gasteiger partial charge in [-0.25, -0.2) is 0 Å². The zero-order chi connectivity index (χ0) is 13.8. The molecule has 1 heterocycles. The lowest BCUT2D eigenvalue weighted by molar-refractivity contribution is -0.385. The van der Waals surface area contributed by atoms with Crippen LogP contribution in [0.5, 0.6) is 0 Å². The Morgan fingerprint density at radius 2 is 2.20 bits per heavy atom. The molecule has 0 fully saturated rings. The highest BCUT2D eigenvalue weighted by molar-refractivity contribution is 5.85. The van der Waals surface area contributed by atoms with Crippen LogP contribution in [-0.2, 0) is 6.54 Å². The molecule has 1 aromatic carbocycles. The summed E-state index contributed by atoms with van der Waals surface area (Å²) < 4.78 is 1.68. The van der Waals surface area contributed by atoms with Crippen LogP contribution >= 0.6 is 12.4 Å². The van der Waals surface area contributed by atoms with Crippen molar-refractivity contribution < 1.29 is 4.92 Å². The van der Waals surface area contributed by atoms with Gasteiger partial charge in [-0.15, -0.1) is 12.4 Å². The minimum atomic E-state index is -0.574. The summed E-state index contributed by atoms with van der Waals surface area (Å²) in [4.78, 5) is 10.2. The van der Waals surface area contributed by atoms with Gasteiger partial charge in [0, 0.05) is 24.4 Å². The summed E-state index contributed by atoms with van der Waals surface area (Å²) in [6.45, 7) is 1.07. The quantitative estimate of drug-likeness (QED) is 0.681. The maximum Gasteiger partial charge on any atom is 0.287 e. The molecule has 0 unspecified atom stereocenters. The van der Waals surface area contributed by atoms with Gasteiger partial charge in [-0.3, -0.25) is 14.8 Å². The fraction of sp³-hybridized carbons (Fsp3) is 0.167. The number of nitro benzene ring substituents is 1. The summed E-state index contributed by atoms with van der Waals surface area (Å²) in [5, 5.41) is 23.9. The van der Waals surface area contributed by atoms with E-state index in [9.17, 15) is 10.1 Å². The Kier molecular flexibility index (Phi) is 5.20. The smallest absolute Gasteiger partial charge is 0.287 e. The maximum absolute atomic E-state index is 10.7. The van der Waals surface area contributed by atoms with Crippen molar-refractivity contribution in [3.05, 3.63) is 46.1 Å². The van der Waals surface area contributed by atoms with Crippen molar-refractivity contribution in [1.82, 2.24) is 9.78 Å². The molecular weight excluding hydrogens is 282 g/mol. The summed E-state index contributed by atoms with van der Waals surface area (Å²) in [7, 11) is 0. The van der Waals surface area contributed by atoms with Crippen molar-refractivity contribution in [2.24, 2.45) is 5.73 Å². The van der Waals surface area contributed by atoms with E-state index < -0.39 is 4.92 Å². The number of nitriles is 1. The number of rotatable bonds is 4. The van der Waals surface area contributed by atoms with E-state index in [0.717, 1.165) is 0 Å². The normalized spacial score (nSPS) is 9.60. The number of nitrogens with two attached hydrogens (primary N) is 1. The van der Waals surface area contributed by atoms with Crippen molar-refractivity contribution in [3.8, 4) is 17.3 Å². The van der Waals surface area contributed by atoms with Crippen molar-refractivity contribution in [3.63, 3.8) is 0 Å². The Bertz CT molecular complexity index is 662. The molecule has 8 heteroatoms. The van der Waals surface area contributed by atoms with Gasteiger partial charge in [0.1, 0.15) is 11.6 Å². The minimum Gasteiger partial charge on any atom is -0.329 e. The molecular formula is C12H12ClN5O2. The van der Waals surface area contributed by atoms with Gasteiger partial charge >= 0.3 is 0 Å². The molecule has 0 spiro atoms. The van der Waals surface area contributed by atoms with E-state index in [4.69, 9.17) is 11.0 Å². The van der Waals surface area contributed by atoms with E-state index >= 15 is 0 Å². The molecule has 0 amide bonds. The lowest BCUT2D eigenvalue weighted by Crippen LogP contribution is -2.10. The molecule has 0 radical (unpaired) electrons. The first-order chi connectivity index (χ1) is 9.15. The Morgan fingerprint density at radius 1 is 1.45 bits per heavy atom. The Balaban J connectivity index is 0.00000200. The van der Waals surface area contributed by atoms with Gasteiger partial charge in [0.05, 0.1) is 17.2 Å². The third kappa shape index (κ3) is 3.12. The maximum atomic E-state index is 10.7. The van der Waals surface area contributed by atoms with Gasteiger partial charge in [-0.05, 0) is 18.2 Å². The first-order valence-corrected chi connectivity index (χ1v) is 5.58. The summed E-state index contributed by atoms with van der Waals surface area (Å²) >= 11 is 0. The van der Waals surface area contributed by atoms with Crippen LogP contribution in [0.1, 0.15) is 5.56 Å². The van der Waals surface area contributed by atoms with Crippen molar-refractivity contribution in [1.29, 1.82) is 5.26 Å². The van der Waals surface area contributed by atoms with Gasteiger partial charge < -0.3 is 5.73 Å². The number of nitrogens with zero attached hydrogens (tertiary/aromatic N) is 4. The van der Waals surface area contributed by atoms with E-state index in [2.05, 4.69) is 5.10 Å². The van der Waals surface area contributed by atoms with Crippen LogP contribution in [0.4, 0.5) is 5.69 Å². The Labute approximate surface area is 121 Å². The summed E-state index contributed by atoms with van der Waals surface area (Å²) in [5.41, 5.74) is 6.57. The summed E-state index contributed by atoms with van der Waals surface area (Å²) in [5.74, 6) is 0. The predicted octanol–water partition coefficient (Wildman–Crippen LogP) is 1.71. The summed E-state index contributed by atoms with van der Waals surface area (Å²) in [6.07, 6.45) is 1.77. The SMILES string of the molecule is Cl.N#Cc1cc(-c2ccn(CCN)n2)ccc1[N+](=O)[O-]. The molecule has 104 valence electrons. The standard InChI is InChI=1S/C12H11N5O2.ClH/c13-4-6-16-5-3-11(15-16)9-1-2-12(17(18)19)10(7-9)8-14;/h1-3,5,7H,4,6,13H2;1H. The molecule has 0 aliphatic rings. The van der Waals surface area contributed by atoms with E-state index in [0.29, 0.717) is 24.3 Å². The van der Waals surface area contributed by atoms with Crippen LogP contribution in [0.15, 0.2) is 30.5 Å². The molecule has 0 aliphatic heterocycles. The topological polar surface area (TPSA) is 111 Å². The molecule has 1 aromatic heterocycles. The average molecular weight is 294 g/mol. The predicted molar refractivity (Wildman–Crippen MR) is 75.3 cm³/mol. The molecule has 2 rings (SSSR count). The fourth-order valence-electron chi connectivity index (χ4n) is 1.72. The number of hydrogen-bond donors (Lipinski definition) is 1. The third-order valence-corrected chi connectivity index (χ3v) is 2.61. The fourth-order valence-corrected chi connectivity index (χ4v) is 1.72. The second-order valence-corrected chi connectivity index (χ2v) is 3.85. The number of aromatic nitrogens is 2. The highest BCUT2D eigenvalue weighted by Gasteiger charge is 2.15. The van der Waals surface area contributed by atoms with Gasteiger partial charge in [-0.1, -0.05) is 0 Å². The van der Waals surface area contributed by atoms with Gasteiger partial charge in [0.2, 0.25) is 0 Å². The van der Waals surface area contributed by atoms with Crippen molar-refractivity contribution >= 4 is 18.1 Å². The highest BCUT2D eigenvalue weighted by Crippen LogP contribution is 2.24.